The van der Waals surface area contributed by atoms with E-state index in [2.05, 4.69) is 38.3 Å². The van der Waals surface area contributed by atoms with Crippen molar-refractivity contribution < 1.29 is 14.3 Å². The van der Waals surface area contributed by atoms with Crippen LogP contribution in [0.4, 0.5) is 0 Å². The van der Waals surface area contributed by atoms with Crippen LogP contribution >= 0.6 is 12.6 Å². The highest BCUT2D eigenvalue weighted by Gasteiger charge is 2.12. The molecule has 6 heteroatoms. The number of carbonyl (C=O) groups excluding carboxylic acids is 2. The summed E-state index contributed by atoms with van der Waals surface area (Å²) in [7, 11) is 1.95. The molecule has 0 aromatic heterocycles. The van der Waals surface area contributed by atoms with Crippen LogP contribution in [0.5, 0.6) is 5.75 Å². The van der Waals surface area contributed by atoms with Gasteiger partial charge in [-0.2, -0.15) is 0 Å². The fraction of sp³-hybridized carbons (Fsp3) is 0.565. The highest BCUT2D eigenvalue weighted by molar-refractivity contribution is 7.96. The van der Waals surface area contributed by atoms with Crippen LogP contribution in [0.3, 0.4) is 0 Å². The van der Waals surface area contributed by atoms with Gasteiger partial charge < -0.3 is 15.3 Å². The van der Waals surface area contributed by atoms with E-state index in [1.54, 1.807) is 0 Å². The average molecular weight is 425 g/mol. The number of nitrogens with zero attached hydrogens (tertiary/aromatic N) is 1. The Kier molecular flexibility index (Phi) is 18.5. The summed E-state index contributed by atoms with van der Waals surface area (Å²) < 4.78 is 5.92. The van der Waals surface area contributed by atoms with E-state index in [0.717, 1.165) is 38.0 Å². The number of thiol groups is 1. The molecule has 0 fully saturated rings. The zero-order valence-electron chi connectivity index (χ0n) is 18.8. The van der Waals surface area contributed by atoms with Crippen LogP contribution in [0.15, 0.2) is 36.5 Å². The maximum Gasteiger partial charge on any atom is 0.199 e. The zero-order valence-corrected chi connectivity index (χ0v) is 19.7. The van der Waals surface area contributed by atoms with E-state index < -0.39 is 0 Å². The molecule has 2 unspecified atom stereocenters. The highest BCUT2D eigenvalue weighted by Crippen LogP contribution is 2.26. The van der Waals surface area contributed by atoms with Crippen LogP contribution < -0.4 is 10.5 Å². The Hall–Kier alpha value is -1.79. The van der Waals surface area contributed by atoms with Crippen molar-refractivity contribution in [3.63, 3.8) is 0 Å². The first-order chi connectivity index (χ1) is 13.8. The molecule has 166 valence electrons. The number of benzene rings is 1. The normalized spacial score (nSPS) is 12.0. The number of nitrogens with two attached hydrogens (primary N) is 1. The van der Waals surface area contributed by atoms with E-state index in [1.165, 1.54) is 5.56 Å². The van der Waals surface area contributed by atoms with Crippen LogP contribution in [0, 0.1) is 0 Å². The van der Waals surface area contributed by atoms with Gasteiger partial charge in [-0.05, 0) is 69.8 Å². The topological polar surface area (TPSA) is 72.6 Å². The zero-order chi connectivity index (χ0) is 22.8. The quantitative estimate of drug-likeness (QED) is 0.471. The lowest BCUT2D eigenvalue weighted by Crippen LogP contribution is -2.25. The van der Waals surface area contributed by atoms with Crippen molar-refractivity contribution in [2.75, 3.05) is 20.1 Å². The Bertz CT molecular complexity index is 564. The molecule has 0 amide bonds. The summed E-state index contributed by atoms with van der Waals surface area (Å²) in [6.45, 7) is 15.2. The van der Waals surface area contributed by atoms with Crippen molar-refractivity contribution in [3.8, 4) is 5.75 Å². The lowest BCUT2D eigenvalue weighted by atomic mass is 9.93. The molecule has 1 aromatic rings. The third-order valence-corrected chi connectivity index (χ3v) is 4.46. The molecule has 5 nitrogen and oxygen atoms in total. The minimum atomic E-state index is -0.0932. The van der Waals surface area contributed by atoms with Gasteiger partial charge >= 0.3 is 0 Å². The standard InChI is InChI=1S/C20H32N2O2S.C2H6.CH2O/c1-5-17(12-13-22(4)14-20(23)25)18-8-10-19(11-9-18)24-16(3)7-6-15(2)21;2*1-2/h8-11,16-17H,2,5-7,12-14,21H2,1,3-4H3,(H,23,25);1-2H3;1H2. The lowest BCUT2D eigenvalue weighted by Gasteiger charge is -2.21. The summed E-state index contributed by atoms with van der Waals surface area (Å²) in [6.07, 6.45) is 3.84. The second-order valence-corrected chi connectivity index (χ2v) is 7.22. The highest BCUT2D eigenvalue weighted by atomic mass is 32.1. The Morgan fingerprint density at radius 1 is 1.21 bits per heavy atom. The molecule has 0 saturated carbocycles. The minimum Gasteiger partial charge on any atom is -0.491 e. The van der Waals surface area contributed by atoms with Crippen LogP contribution in [0.2, 0.25) is 0 Å². The van der Waals surface area contributed by atoms with Gasteiger partial charge in [-0.3, -0.25) is 9.69 Å². The van der Waals surface area contributed by atoms with Gasteiger partial charge in [-0.15, -0.1) is 12.6 Å². The monoisotopic (exact) mass is 424 g/mol. The van der Waals surface area contributed by atoms with Crippen molar-refractivity contribution in [2.45, 2.75) is 65.4 Å². The first kappa shape index (κ1) is 29.4. The van der Waals surface area contributed by atoms with E-state index in [1.807, 2.05) is 51.6 Å². The van der Waals surface area contributed by atoms with Crippen LogP contribution in [0.1, 0.15) is 64.9 Å². The predicted octanol–water partition coefficient (Wildman–Crippen LogP) is 4.82. The summed E-state index contributed by atoms with van der Waals surface area (Å²) in [6, 6.07) is 8.35. The van der Waals surface area contributed by atoms with E-state index in [9.17, 15) is 4.79 Å². The van der Waals surface area contributed by atoms with E-state index in [4.69, 9.17) is 15.3 Å². The van der Waals surface area contributed by atoms with Gasteiger partial charge in [0.05, 0.1) is 12.6 Å². The molecule has 29 heavy (non-hydrogen) atoms. The van der Waals surface area contributed by atoms with Crippen LogP contribution in [-0.4, -0.2) is 43.0 Å². The number of hydrogen-bond donors (Lipinski definition) is 2. The third-order valence-electron chi connectivity index (χ3n) is 4.32. The number of rotatable bonds is 12. The van der Waals surface area contributed by atoms with Gasteiger partial charge in [0.2, 0.25) is 0 Å². The SMILES string of the molecule is C=C(N)CCC(C)Oc1ccc(C(CC)CCN(C)CC(=O)S)cc1.C=O.CC. The smallest absolute Gasteiger partial charge is 0.199 e. The molecule has 0 saturated heterocycles. The summed E-state index contributed by atoms with van der Waals surface area (Å²) in [5.41, 5.74) is 7.61. The first-order valence-corrected chi connectivity index (χ1v) is 10.7. The second kappa shape index (κ2) is 18.3. The van der Waals surface area contributed by atoms with Gasteiger partial charge in [0, 0.05) is 5.70 Å². The predicted molar refractivity (Wildman–Crippen MR) is 127 cm³/mol. The fourth-order valence-corrected chi connectivity index (χ4v) is 3.03. The van der Waals surface area contributed by atoms with E-state index in [-0.39, 0.29) is 11.2 Å². The summed E-state index contributed by atoms with van der Waals surface area (Å²) in [5.74, 6) is 1.36. The second-order valence-electron chi connectivity index (χ2n) is 6.72. The molecular formula is C23H40N2O3S. The summed E-state index contributed by atoms with van der Waals surface area (Å²) in [4.78, 5) is 21.1. The van der Waals surface area contributed by atoms with E-state index >= 15 is 0 Å². The van der Waals surface area contributed by atoms with Crippen LogP contribution in [0.25, 0.3) is 0 Å². The van der Waals surface area contributed by atoms with E-state index in [0.29, 0.717) is 18.2 Å². The first-order valence-electron chi connectivity index (χ1n) is 10.2. The number of allylic oxidation sites excluding steroid dienone is 1. The Morgan fingerprint density at radius 2 is 1.76 bits per heavy atom. The fourth-order valence-electron chi connectivity index (χ4n) is 2.79. The molecule has 0 aliphatic rings. The molecule has 0 heterocycles. The minimum absolute atomic E-state index is 0.0932. The molecule has 0 spiro atoms. The summed E-state index contributed by atoms with van der Waals surface area (Å²) >= 11 is 3.83. The van der Waals surface area contributed by atoms with Gasteiger partial charge in [-0.25, -0.2) is 0 Å². The Labute approximate surface area is 183 Å². The lowest BCUT2D eigenvalue weighted by molar-refractivity contribution is -0.111. The Morgan fingerprint density at radius 3 is 2.21 bits per heavy atom. The molecule has 1 aromatic carbocycles. The maximum atomic E-state index is 11.0. The number of carbonyl (C=O) groups is 2. The number of hydrogen-bond acceptors (Lipinski definition) is 5. The van der Waals surface area contributed by atoms with Crippen molar-refractivity contribution in [3.05, 3.63) is 42.1 Å². The molecule has 0 radical (unpaired) electrons. The van der Waals surface area contributed by atoms with Crippen molar-refractivity contribution in [1.29, 1.82) is 0 Å². The molecule has 1 rings (SSSR count). The largest absolute Gasteiger partial charge is 0.491 e. The van der Waals surface area contributed by atoms with Crippen molar-refractivity contribution >= 4 is 24.5 Å². The summed E-state index contributed by atoms with van der Waals surface area (Å²) in [5, 5.41) is -0.0932. The maximum absolute atomic E-state index is 11.0. The van der Waals surface area contributed by atoms with Gasteiger partial charge in [0.1, 0.15) is 12.5 Å². The van der Waals surface area contributed by atoms with Gasteiger partial charge in [0.25, 0.3) is 0 Å². The van der Waals surface area contributed by atoms with Crippen molar-refractivity contribution in [2.24, 2.45) is 5.73 Å². The molecule has 2 N–H and O–H groups in total. The average Bonchev–Trinajstić information content (AvgIpc) is 2.70. The van der Waals surface area contributed by atoms with Crippen LogP contribution in [-0.2, 0) is 9.59 Å². The number of ether oxygens (including phenoxy) is 1. The number of likely N-dealkylation sites (N-methyl/N-ethyl adjacent to an activating group) is 1. The molecule has 0 aliphatic carbocycles. The van der Waals surface area contributed by atoms with Gasteiger partial charge in [-0.1, -0.05) is 39.5 Å². The molecular weight excluding hydrogens is 384 g/mol. The van der Waals surface area contributed by atoms with Crippen molar-refractivity contribution in [1.82, 2.24) is 4.90 Å². The molecule has 2 atom stereocenters. The molecule has 0 bridgehead atoms. The Balaban J connectivity index is 0. The third kappa shape index (κ3) is 14.8. The van der Waals surface area contributed by atoms with Gasteiger partial charge in [0.15, 0.2) is 5.12 Å². The molecule has 0 aliphatic heterocycles.